The van der Waals surface area contributed by atoms with Gasteiger partial charge in [0, 0.05) is 0 Å². The van der Waals surface area contributed by atoms with Gasteiger partial charge in [0.1, 0.15) is 17.9 Å². The van der Waals surface area contributed by atoms with Crippen LogP contribution in [0.2, 0.25) is 0 Å². The third kappa shape index (κ3) is 5.60. The van der Waals surface area contributed by atoms with Gasteiger partial charge in [0.15, 0.2) is 0 Å². The Morgan fingerprint density at radius 3 is 2.27 bits per heavy atom. The van der Waals surface area contributed by atoms with E-state index >= 15 is 0 Å². The minimum atomic E-state index is -0.371. The molecule has 0 aliphatic heterocycles. The maximum absolute atomic E-state index is 12.0. The van der Waals surface area contributed by atoms with Gasteiger partial charge in [-0.05, 0) is 24.6 Å². The number of hydrogen-bond donors (Lipinski definition) is 0. The highest BCUT2D eigenvalue weighted by Crippen LogP contribution is 2.21. The first-order valence-corrected chi connectivity index (χ1v) is 7.06. The Morgan fingerprint density at radius 2 is 1.68 bits per heavy atom. The molecule has 0 aromatic heterocycles. The van der Waals surface area contributed by atoms with Crippen molar-refractivity contribution < 1.29 is 14.3 Å². The smallest absolute Gasteiger partial charge is 0.342 e. The van der Waals surface area contributed by atoms with Crippen molar-refractivity contribution in [1.82, 2.24) is 0 Å². The van der Waals surface area contributed by atoms with Crippen molar-refractivity contribution in [1.29, 1.82) is 0 Å². The first-order chi connectivity index (χ1) is 10.2. The summed E-state index contributed by atoms with van der Waals surface area (Å²) in [5.74, 6) is 0.160. The van der Waals surface area contributed by atoms with Crippen LogP contribution in [-0.4, -0.2) is 13.1 Å². The molecule has 3 heteroatoms. The minimum Gasteiger partial charge on any atom is -0.496 e. The lowest BCUT2D eigenvalue weighted by atomic mass is 10.1. The molecule has 2 aromatic carbocycles. The maximum Gasteiger partial charge on any atom is 0.342 e. The van der Waals surface area contributed by atoms with Gasteiger partial charge in [0.2, 0.25) is 0 Å². The van der Waals surface area contributed by atoms with E-state index in [1.165, 1.54) is 0 Å². The van der Waals surface area contributed by atoms with Gasteiger partial charge < -0.3 is 9.47 Å². The standard InChI is InChI=1S/C16H16O3.C2H6.CH4/c1-12-8-9-15(18-2)14(10-12)16(17)19-11-13-6-4-3-5-7-13;1-2;/h3-10H,11H2,1-2H3;1-2H3;1H4. The Balaban J connectivity index is 0.00000141. The van der Waals surface area contributed by atoms with Gasteiger partial charge in [0.05, 0.1) is 7.11 Å². The second kappa shape index (κ2) is 10.4. The first-order valence-electron chi connectivity index (χ1n) is 7.06. The van der Waals surface area contributed by atoms with Crippen LogP contribution >= 0.6 is 0 Å². The molecular weight excluding hydrogens is 276 g/mol. The lowest BCUT2D eigenvalue weighted by Gasteiger charge is -2.09. The Kier molecular flexibility index (Phi) is 9.35. The predicted octanol–water partition coefficient (Wildman–Crippen LogP) is 5.02. The molecule has 0 aliphatic carbocycles. The van der Waals surface area contributed by atoms with E-state index in [0.29, 0.717) is 11.3 Å². The number of esters is 1. The second-order valence-corrected chi connectivity index (χ2v) is 4.27. The van der Waals surface area contributed by atoms with E-state index in [1.807, 2.05) is 57.2 Å². The van der Waals surface area contributed by atoms with Gasteiger partial charge in [-0.25, -0.2) is 4.79 Å². The topological polar surface area (TPSA) is 35.5 Å². The zero-order valence-electron chi connectivity index (χ0n) is 13.1. The minimum absolute atomic E-state index is 0. The summed E-state index contributed by atoms with van der Waals surface area (Å²) in [6, 6.07) is 15.0. The zero-order chi connectivity index (χ0) is 15.7. The number of carbonyl (C=O) groups excluding carboxylic acids is 1. The molecule has 3 nitrogen and oxygen atoms in total. The van der Waals surface area contributed by atoms with Crippen molar-refractivity contribution in [2.24, 2.45) is 0 Å². The molecular formula is C19H26O3. The molecule has 0 saturated heterocycles. The fraction of sp³-hybridized carbons (Fsp3) is 0.316. The van der Waals surface area contributed by atoms with Gasteiger partial charge in [-0.1, -0.05) is 63.2 Å². The molecule has 0 spiro atoms. The molecule has 0 aliphatic rings. The van der Waals surface area contributed by atoms with Crippen LogP contribution in [0.25, 0.3) is 0 Å². The van der Waals surface area contributed by atoms with E-state index in [4.69, 9.17) is 9.47 Å². The molecule has 120 valence electrons. The molecule has 0 N–H and O–H groups in total. The van der Waals surface area contributed by atoms with Crippen molar-refractivity contribution >= 4 is 5.97 Å². The van der Waals surface area contributed by atoms with Crippen molar-refractivity contribution in [2.45, 2.75) is 34.8 Å². The van der Waals surface area contributed by atoms with E-state index < -0.39 is 0 Å². The summed E-state index contributed by atoms with van der Waals surface area (Å²) in [6.07, 6.45) is 0. The van der Waals surface area contributed by atoms with Crippen molar-refractivity contribution in [2.75, 3.05) is 7.11 Å². The number of hydrogen-bond acceptors (Lipinski definition) is 3. The van der Waals surface area contributed by atoms with Crippen molar-refractivity contribution in [3.63, 3.8) is 0 Å². The van der Waals surface area contributed by atoms with Crippen LogP contribution in [0.5, 0.6) is 5.75 Å². The summed E-state index contributed by atoms with van der Waals surface area (Å²) in [4.78, 5) is 12.0. The molecule has 0 fully saturated rings. The number of aryl methyl sites for hydroxylation is 1. The highest BCUT2D eigenvalue weighted by Gasteiger charge is 2.13. The van der Waals surface area contributed by atoms with Gasteiger partial charge >= 0.3 is 5.97 Å². The molecule has 0 atom stereocenters. The molecule has 0 saturated carbocycles. The molecule has 2 aromatic rings. The van der Waals surface area contributed by atoms with E-state index in [-0.39, 0.29) is 20.0 Å². The molecule has 0 unspecified atom stereocenters. The third-order valence-corrected chi connectivity index (χ3v) is 2.79. The summed E-state index contributed by atoms with van der Waals surface area (Å²) in [5, 5.41) is 0. The van der Waals surface area contributed by atoms with Crippen LogP contribution in [0.3, 0.4) is 0 Å². The third-order valence-electron chi connectivity index (χ3n) is 2.79. The largest absolute Gasteiger partial charge is 0.496 e. The SMILES string of the molecule is C.CC.COc1ccc(C)cc1C(=O)OCc1ccccc1. The van der Waals surface area contributed by atoms with Gasteiger partial charge in [-0.3, -0.25) is 0 Å². The normalized spacial score (nSPS) is 8.91. The Morgan fingerprint density at radius 1 is 1.05 bits per heavy atom. The van der Waals surface area contributed by atoms with Gasteiger partial charge in [-0.2, -0.15) is 0 Å². The highest BCUT2D eigenvalue weighted by molar-refractivity contribution is 5.92. The summed E-state index contributed by atoms with van der Waals surface area (Å²) in [6.45, 7) is 6.18. The molecule has 2 rings (SSSR count). The molecule has 0 heterocycles. The molecule has 0 radical (unpaired) electrons. The number of ether oxygens (including phenoxy) is 2. The van der Waals surface area contributed by atoms with E-state index in [2.05, 4.69) is 0 Å². The second-order valence-electron chi connectivity index (χ2n) is 4.27. The number of benzene rings is 2. The lowest BCUT2D eigenvalue weighted by molar-refractivity contribution is 0.0469. The summed E-state index contributed by atoms with van der Waals surface area (Å²) < 4.78 is 10.5. The van der Waals surface area contributed by atoms with Crippen LogP contribution in [0.4, 0.5) is 0 Å². The number of rotatable bonds is 4. The van der Waals surface area contributed by atoms with E-state index in [0.717, 1.165) is 11.1 Å². The predicted molar refractivity (Wildman–Crippen MR) is 91.4 cm³/mol. The average Bonchev–Trinajstić information content (AvgIpc) is 2.55. The number of carbonyl (C=O) groups is 1. The maximum atomic E-state index is 12.0. The fourth-order valence-corrected chi connectivity index (χ4v) is 1.78. The highest BCUT2D eigenvalue weighted by atomic mass is 16.5. The van der Waals surface area contributed by atoms with Gasteiger partial charge in [0.25, 0.3) is 0 Å². The monoisotopic (exact) mass is 302 g/mol. The van der Waals surface area contributed by atoms with Gasteiger partial charge in [-0.15, -0.1) is 0 Å². The summed E-state index contributed by atoms with van der Waals surface area (Å²) in [7, 11) is 1.54. The zero-order valence-corrected chi connectivity index (χ0v) is 13.1. The van der Waals surface area contributed by atoms with Crippen LogP contribution in [-0.2, 0) is 11.3 Å². The average molecular weight is 302 g/mol. The van der Waals surface area contributed by atoms with Crippen molar-refractivity contribution in [3.05, 3.63) is 65.2 Å². The Labute approximate surface area is 133 Å². The first kappa shape index (κ1) is 19.7. The lowest BCUT2D eigenvalue weighted by Crippen LogP contribution is -2.07. The summed E-state index contributed by atoms with van der Waals surface area (Å²) >= 11 is 0. The Bertz CT molecular complexity index is 562. The van der Waals surface area contributed by atoms with Crippen LogP contribution < -0.4 is 4.74 Å². The molecule has 22 heavy (non-hydrogen) atoms. The molecule has 0 amide bonds. The Hall–Kier alpha value is -2.29. The van der Waals surface area contributed by atoms with E-state index in [9.17, 15) is 4.79 Å². The van der Waals surface area contributed by atoms with Crippen molar-refractivity contribution in [3.8, 4) is 5.75 Å². The van der Waals surface area contributed by atoms with Crippen LogP contribution in [0.1, 0.15) is 42.8 Å². The van der Waals surface area contributed by atoms with Crippen LogP contribution in [0.15, 0.2) is 48.5 Å². The number of methoxy groups -OCH3 is 1. The fourth-order valence-electron chi connectivity index (χ4n) is 1.78. The van der Waals surface area contributed by atoms with E-state index in [1.54, 1.807) is 19.2 Å². The quantitative estimate of drug-likeness (QED) is 0.744. The molecule has 0 bridgehead atoms. The summed E-state index contributed by atoms with van der Waals surface area (Å²) in [5.41, 5.74) is 2.41. The van der Waals surface area contributed by atoms with Crippen LogP contribution in [0, 0.1) is 6.92 Å².